The first-order valence-electron chi connectivity index (χ1n) is 10.1. The maximum absolute atomic E-state index is 13.1. The second-order valence-corrected chi connectivity index (χ2v) is 9.40. The van der Waals surface area contributed by atoms with E-state index in [0.717, 1.165) is 37.1 Å². The van der Waals surface area contributed by atoms with Gasteiger partial charge in [-0.2, -0.15) is 0 Å². The predicted molar refractivity (Wildman–Crippen MR) is 110 cm³/mol. The SMILES string of the molecule is CC1(C)CCCC2=C1CC(C)(C)[C@H](N(C(=O)C=CC(=O)[O-])c1ccccc1)C2. The zero-order valence-corrected chi connectivity index (χ0v) is 17.3. The smallest absolute Gasteiger partial charge is 0.251 e. The number of carboxylic acids is 1. The standard InChI is InChI=1S/C24H31NO3/c1-23(2)14-8-9-17-15-20(24(3,4)16-19(17)23)25(18-10-6-5-7-11-18)21(26)12-13-22(27)28/h5-7,10-13,20H,8-9,14-16H2,1-4H3,(H,27,28)/p-1/t20-/m1/s1. The summed E-state index contributed by atoms with van der Waals surface area (Å²) in [7, 11) is 0. The molecule has 28 heavy (non-hydrogen) atoms. The van der Waals surface area contributed by atoms with Crippen LogP contribution < -0.4 is 10.0 Å². The van der Waals surface area contributed by atoms with Crippen LogP contribution in [0.1, 0.15) is 59.8 Å². The number of carbonyl (C=O) groups excluding carboxylic acids is 2. The van der Waals surface area contributed by atoms with Crippen LogP contribution in [0.3, 0.4) is 0 Å². The van der Waals surface area contributed by atoms with Gasteiger partial charge >= 0.3 is 0 Å². The van der Waals surface area contributed by atoms with Gasteiger partial charge < -0.3 is 14.8 Å². The highest BCUT2D eigenvalue weighted by atomic mass is 16.4. The Kier molecular flexibility index (Phi) is 5.51. The topological polar surface area (TPSA) is 60.4 Å². The Morgan fingerprint density at radius 3 is 2.43 bits per heavy atom. The molecule has 0 unspecified atom stereocenters. The van der Waals surface area contributed by atoms with Gasteiger partial charge in [-0.3, -0.25) is 4.79 Å². The second kappa shape index (κ2) is 7.57. The Morgan fingerprint density at radius 1 is 1.11 bits per heavy atom. The van der Waals surface area contributed by atoms with Crippen molar-refractivity contribution in [2.45, 2.75) is 65.8 Å². The van der Waals surface area contributed by atoms with E-state index in [-0.39, 0.29) is 22.8 Å². The molecule has 1 amide bonds. The molecule has 1 aromatic carbocycles. The van der Waals surface area contributed by atoms with Crippen molar-refractivity contribution in [2.75, 3.05) is 4.90 Å². The first-order valence-corrected chi connectivity index (χ1v) is 10.1. The van der Waals surface area contributed by atoms with Crippen molar-refractivity contribution in [3.05, 3.63) is 53.6 Å². The largest absolute Gasteiger partial charge is 0.545 e. The molecule has 0 fully saturated rings. The third-order valence-electron chi connectivity index (χ3n) is 6.44. The molecule has 0 saturated heterocycles. The van der Waals surface area contributed by atoms with Gasteiger partial charge in [-0.25, -0.2) is 0 Å². The molecule has 1 aromatic rings. The molecule has 1 atom stereocenters. The maximum atomic E-state index is 13.1. The summed E-state index contributed by atoms with van der Waals surface area (Å²) in [5, 5.41) is 10.8. The Balaban J connectivity index is 2.03. The van der Waals surface area contributed by atoms with Gasteiger partial charge in [0.2, 0.25) is 0 Å². The molecule has 0 radical (unpaired) electrons. The van der Waals surface area contributed by atoms with E-state index < -0.39 is 5.97 Å². The number of benzene rings is 1. The van der Waals surface area contributed by atoms with E-state index in [1.807, 2.05) is 30.3 Å². The minimum absolute atomic E-state index is 0.0264. The van der Waals surface area contributed by atoms with Crippen LogP contribution >= 0.6 is 0 Å². The highest BCUT2D eigenvalue weighted by Crippen LogP contribution is 2.53. The first-order chi connectivity index (χ1) is 13.1. The molecular weight excluding hydrogens is 350 g/mol. The molecule has 2 aliphatic carbocycles. The lowest BCUT2D eigenvalue weighted by atomic mass is 9.60. The van der Waals surface area contributed by atoms with Crippen LogP contribution in [0.2, 0.25) is 0 Å². The van der Waals surface area contributed by atoms with E-state index in [1.54, 1.807) is 10.5 Å². The van der Waals surface area contributed by atoms with E-state index in [2.05, 4.69) is 27.7 Å². The molecule has 0 saturated carbocycles. The zero-order valence-electron chi connectivity index (χ0n) is 17.3. The second-order valence-electron chi connectivity index (χ2n) is 9.40. The maximum Gasteiger partial charge on any atom is 0.251 e. The third-order valence-corrected chi connectivity index (χ3v) is 6.44. The lowest BCUT2D eigenvalue weighted by Gasteiger charge is -2.50. The Morgan fingerprint density at radius 2 is 1.79 bits per heavy atom. The van der Waals surface area contributed by atoms with Gasteiger partial charge in [-0.05, 0) is 61.1 Å². The number of allylic oxidation sites excluding steroid dienone is 1. The molecule has 0 N–H and O–H groups in total. The minimum Gasteiger partial charge on any atom is -0.545 e. The molecule has 3 rings (SSSR count). The highest BCUT2D eigenvalue weighted by molar-refractivity contribution is 6.04. The molecular formula is C24H30NO3-. The number of hydrogen-bond acceptors (Lipinski definition) is 3. The third kappa shape index (κ3) is 4.06. The number of amides is 1. The summed E-state index contributed by atoms with van der Waals surface area (Å²) in [5.41, 5.74) is 3.94. The number of aliphatic carboxylic acids is 1. The predicted octanol–water partition coefficient (Wildman–Crippen LogP) is 4.02. The number of para-hydroxylation sites is 1. The molecule has 0 aliphatic heterocycles. The van der Waals surface area contributed by atoms with Crippen LogP contribution in [0.25, 0.3) is 0 Å². The van der Waals surface area contributed by atoms with Crippen molar-refractivity contribution >= 4 is 17.6 Å². The minimum atomic E-state index is -1.36. The summed E-state index contributed by atoms with van der Waals surface area (Å²) in [6.45, 7) is 9.11. The number of hydrogen-bond donors (Lipinski definition) is 0. The fourth-order valence-electron chi connectivity index (χ4n) is 4.91. The molecule has 2 aliphatic rings. The zero-order chi connectivity index (χ0) is 20.5. The first kappa shape index (κ1) is 20.4. The highest BCUT2D eigenvalue weighted by Gasteiger charge is 2.45. The van der Waals surface area contributed by atoms with Crippen molar-refractivity contribution in [1.29, 1.82) is 0 Å². The van der Waals surface area contributed by atoms with Crippen molar-refractivity contribution < 1.29 is 14.7 Å². The van der Waals surface area contributed by atoms with E-state index in [1.165, 1.54) is 18.4 Å². The van der Waals surface area contributed by atoms with Crippen LogP contribution in [0.15, 0.2) is 53.6 Å². The Labute approximate surface area is 167 Å². The fraction of sp³-hybridized carbons (Fsp3) is 0.500. The van der Waals surface area contributed by atoms with Crippen LogP contribution in [0.4, 0.5) is 5.69 Å². The summed E-state index contributed by atoms with van der Waals surface area (Å²) < 4.78 is 0. The fourth-order valence-corrected chi connectivity index (χ4v) is 4.91. The number of carboxylic acid groups (broad SMARTS) is 1. The number of anilines is 1. The average molecular weight is 381 g/mol. The molecule has 150 valence electrons. The van der Waals surface area contributed by atoms with Crippen LogP contribution in [0, 0.1) is 10.8 Å². The van der Waals surface area contributed by atoms with Crippen molar-refractivity contribution in [1.82, 2.24) is 0 Å². The molecule has 0 heterocycles. The lowest BCUT2D eigenvalue weighted by Crippen LogP contribution is -2.51. The summed E-state index contributed by atoms with van der Waals surface area (Å²) in [6, 6.07) is 9.52. The van der Waals surface area contributed by atoms with Gasteiger partial charge in [-0.15, -0.1) is 0 Å². The number of rotatable bonds is 4. The molecule has 0 spiro atoms. The monoisotopic (exact) mass is 380 g/mol. The average Bonchev–Trinajstić information content (AvgIpc) is 2.62. The van der Waals surface area contributed by atoms with Crippen molar-refractivity contribution in [2.24, 2.45) is 10.8 Å². The van der Waals surface area contributed by atoms with Gasteiger partial charge in [-0.1, -0.05) is 57.0 Å². The number of nitrogens with zero attached hydrogens (tertiary/aromatic N) is 1. The van der Waals surface area contributed by atoms with E-state index >= 15 is 0 Å². The summed E-state index contributed by atoms with van der Waals surface area (Å²) in [5.74, 6) is -1.67. The van der Waals surface area contributed by atoms with Crippen molar-refractivity contribution in [3.8, 4) is 0 Å². The lowest BCUT2D eigenvalue weighted by molar-refractivity contribution is -0.297. The molecule has 4 nitrogen and oxygen atoms in total. The van der Waals surface area contributed by atoms with Crippen LogP contribution in [-0.2, 0) is 9.59 Å². The van der Waals surface area contributed by atoms with Gasteiger partial charge in [0.05, 0.1) is 5.97 Å². The van der Waals surface area contributed by atoms with Gasteiger partial charge in [0.25, 0.3) is 5.91 Å². The quantitative estimate of drug-likeness (QED) is 0.585. The molecule has 0 aromatic heterocycles. The normalized spacial score (nSPS) is 23.4. The van der Waals surface area contributed by atoms with Crippen LogP contribution in [-0.4, -0.2) is 17.9 Å². The van der Waals surface area contributed by atoms with Gasteiger partial charge in [0.1, 0.15) is 0 Å². The number of carbonyl (C=O) groups is 2. The Bertz CT molecular complexity index is 818. The van der Waals surface area contributed by atoms with E-state index in [4.69, 9.17) is 0 Å². The Hall–Kier alpha value is -2.36. The molecule has 4 heteroatoms. The van der Waals surface area contributed by atoms with E-state index in [9.17, 15) is 14.7 Å². The van der Waals surface area contributed by atoms with Crippen LogP contribution in [0.5, 0.6) is 0 Å². The summed E-state index contributed by atoms with van der Waals surface area (Å²) in [6.07, 6.45) is 7.23. The van der Waals surface area contributed by atoms with Gasteiger partial charge in [0.15, 0.2) is 0 Å². The molecule has 0 bridgehead atoms. The summed E-state index contributed by atoms with van der Waals surface area (Å²) >= 11 is 0. The van der Waals surface area contributed by atoms with Gasteiger partial charge in [0, 0.05) is 17.8 Å². The van der Waals surface area contributed by atoms with Crippen molar-refractivity contribution in [3.63, 3.8) is 0 Å². The van der Waals surface area contributed by atoms with E-state index in [0.29, 0.717) is 0 Å². The summed E-state index contributed by atoms with van der Waals surface area (Å²) in [4.78, 5) is 25.7.